The number of halogens is 2. The van der Waals surface area contributed by atoms with Gasteiger partial charge in [-0.05, 0) is 54.6 Å². The number of fused-ring (bicyclic) bond motifs is 1. The van der Waals surface area contributed by atoms with Crippen LogP contribution in [-0.4, -0.2) is 35.3 Å². The van der Waals surface area contributed by atoms with Crippen LogP contribution in [0.5, 0.6) is 0 Å². The van der Waals surface area contributed by atoms with E-state index in [9.17, 15) is 13.6 Å². The fraction of sp³-hybridized carbons (Fsp3) is 0.421. The predicted molar refractivity (Wildman–Crippen MR) is 93.2 cm³/mol. The molecule has 0 saturated carbocycles. The summed E-state index contributed by atoms with van der Waals surface area (Å²) in [5.41, 5.74) is 1.62. The van der Waals surface area contributed by atoms with E-state index in [0.29, 0.717) is 25.2 Å². The standard InChI is InChI=1S/C19H20F2N2OS/c20-16-1-2-17(21)15(9-16)11-22-6-3-14(10-22)19(24)23-7-4-18-13(12-23)5-8-25-18/h1-2,5,8-9,14H,3-4,6-7,10-12H2. The van der Waals surface area contributed by atoms with Crippen LogP contribution in [0.4, 0.5) is 8.78 Å². The van der Waals surface area contributed by atoms with Crippen LogP contribution in [0.25, 0.3) is 0 Å². The number of hydrogen-bond donors (Lipinski definition) is 0. The fourth-order valence-corrected chi connectivity index (χ4v) is 4.67. The second kappa shape index (κ2) is 6.84. The molecule has 0 bridgehead atoms. The molecule has 0 N–H and O–H groups in total. The average molecular weight is 362 g/mol. The molecule has 1 atom stereocenters. The van der Waals surface area contributed by atoms with Crippen LogP contribution in [0.3, 0.4) is 0 Å². The molecule has 6 heteroatoms. The first-order chi connectivity index (χ1) is 12.1. The lowest BCUT2D eigenvalue weighted by atomic mass is 10.0. The molecule has 2 aromatic rings. The third-order valence-corrected chi connectivity index (χ3v) is 6.17. The van der Waals surface area contributed by atoms with Gasteiger partial charge < -0.3 is 4.90 Å². The van der Waals surface area contributed by atoms with Crippen molar-refractivity contribution in [3.63, 3.8) is 0 Å². The van der Waals surface area contributed by atoms with Gasteiger partial charge in [0.05, 0.1) is 5.92 Å². The predicted octanol–water partition coefficient (Wildman–Crippen LogP) is 3.43. The molecule has 1 aromatic carbocycles. The minimum absolute atomic E-state index is 0.0446. The van der Waals surface area contributed by atoms with Crippen molar-refractivity contribution in [1.29, 1.82) is 0 Å². The van der Waals surface area contributed by atoms with Gasteiger partial charge in [-0.1, -0.05) is 0 Å². The van der Waals surface area contributed by atoms with Crippen molar-refractivity contribution < 1.29 is 13.6 Å². The summed E-state index contributed by atoms with van der Waals surface area (Å²) < 4.78 is 27.1. The second-order valence-corrected chi connectivity index (χ2v) is 7.84. The Morgan fingerprint density at radius 1 is 1.24 bits per heavy atom. The van der Waals surface area contributed by atoms with Crippen molar-refractivity contribution in [2.75, 3.05) is 19.6 Å². The Bertz CT molecular complexity index is 791. The normalized spacial score (nSPS) is 20.7. The molecule has 1 fully saturated rings. The summed E-state index contributed by atoms with van der Waals surface area (Å²) in [4.78, 5) is 18.2. The summed E-state index contributed by atoms with van der Waals surface area (Å²) in [5, 5.41) is 2.09. The third-order valence-electron chi connectivity index (χ3n) is 5.14. The van der Waals surface area contributed by atoms with Gasteiger partial charge >= 0.3 is 0 Å². The molecule has 3 nitrogen and oxygen atoms in total. The molecule has 1 unspecified atom stereocenters. The van der Waals surface area contributed by atoms with Crippen LogP contribution in [0, 0.1) is 17.6 Å². The van der Waals surface area contributed by atoms with Crippen LogP contribution in [0.15, 0.2) is 29.6 Å². The van der Waals surface area contributed by atoms with Gasteiger partial charge in [-0.15, -0.1) is 11.3 Å². The van der Waals surface area contributed by atoms with Crippen LogP contribution < -0.4 is 0 Å². The van der Waals surface area contributed by atoms with Crippen molar-refractivity contribution in [1.82, 2.24) is 9.80 Å². The molecule has 4 rings (SSSR count). The van der Waals surface area contributed by atoms with Crippen LogP contribution >= 0.6 is 11.3 Å². The Morgan fingerprint density at radius 3 is 3.00 bits per heavy atom. The van der Waals surface area contributed by atoms with Crippen molar-refractivity contribution in [2.45, 2.75) is 25.9 Å². The number of thiophene rings is 1. The van der Waals surface area contributed by atoms with Gasteiger partial charge in [-0.25, -0.2) is 8.78 Å². The summed E-state index contributed by atoms with van der Waals surface area (Å²) in [6, 6.07) is 5.64. The number of benzene rings is 1. The molecule has 1 saturated heterocycles. The Balaban J connectivity index is 1.37. The Labute approximate surface area is 149 Å². The molecule has 2 aliphatic rings. The first-order valence-corrected chi connectivity index (χ1v) is 9.48. The largest absolute Gasteiger partial charge is 0.338 e. The van der Waals surface area contributed by atoms with E-state index in [4.69, 9.17) is 0 Å². The maximum absolute atomic E-state index is 13.8. The molecule has 25 heavy (non-hydrogen) atoms. The quantitative estimate of drug-likeness (QED) is 0.835. The Kier molecular flexibility index (Phi) is 4.56. The number of hydrogen-bond acceptors (Lipinski definition) is 3. The highest BCUT2D eigenvalue weighted by molar-refractivity contribution is 7.10. The molecule has 132 valence electrons. The lowest BCUT2D eigenvalue weighted by Crippen LogP contribution is -2.40. The lowest BCUT2D eigenvalue weighted by Gasteiger charge is -2.29. The van der Waals surface area contributed by atoms with E-state index in [2.05, 4.69) is 11.4 Å². The Morgan fingerprint density at radius 2 is 2.12 bits per heavy atom. The van der Waals surface area contributed by atoms with Crippen molar-refractivity contribution >= 4 is 17.2 Å². The lowest BCUT2D eigenvalue weighted by molar-refractivity contribution is -0.136. The van der Waals surface area contributed by atoms with Crippen molar-refractivity contribution in [2.24, 2.45) is 5.92 Å². The summed E-state index contributed by atoms with van der Waals surface area (Å²) in [6.45, 7) is 3.18. The minimum atomic E-state index is -0.428. The van der Waals surface area contributed by atoms with E-state index in [1.807, 2.05) is 9.80 Å². The highest BCUT2D eigenvalue weighted by atomic mass is 32.1. The monoisotopic (exact) mass is 362 g/mol. The molecule has 0 radical (unpaired) electrons. The zero-order valence-corrected chi connectivity index (χ0v) is 14.7. The van der Waals surface area contributed by atoms with Crippen LogP contribution in [-0.2, 0) is 24.3 Å². The van der Waals surface area contributed by atoms with E-state index < -0.39 is 11.6 Å². The average Bonchev–Trinajstić information content (AvgIpc) is 3.26. The molecule has 0 spiro atoms. The highest BCUT2D eigenvalue weighted by Crippen LogP contribution is 2.27. The Hall–Kier alpha value is -1.79. The van der Waals surface area contributed by atoms with E-state index in [1.54, 1.807) is 11.3 Å². The van der Waals surface area contributed by atoms with Crippen LogP contribution in [0.1, 0.15) is 22.4 Å². The molecule has 1 amide bonds. The maximum atomic E-state index is 13.8. The maximum Gasteiger partial charge on any atom is 0.227 e. The summed E-state index contributed by atoms with van der Waals surface area (Å²) in [6.07, 6.45) is 1.71. The highest BCUT2D eigenvalue weighted by Gasteiger charge is 2.33. The SMILES string of the molecule is O=C(C1CCN(Cc2cc(F)ccc2F)C1)N1CCc2sccc2C1. The number of carbonyl (C=O) groups is 1. The van der Waals surface area contributed by atoms with E-state index >= 15 is 0 Å². The zero-order chi connectivity index (χ0) is 17.4. The van der Waals surface area contributed by atoms with Gasteiger partial charge in [0.1, 0.15) is 11.6 Å². The number of carbonyl (C=O) groups excluding carboxylic acids is 1. The molecule has 2 aliphatic heterocycles. The first-order valence-electron chi connectivity index (χ1n) is 8.60. The van der Waals surface area contributed by atoms with Gasteiger partial charge in [0.2, 0.25) is 5.91 Å². The van der Waals surface area contributed by atoms with Crippen molar-refractivity contribution in [3.05, 3.63) is 57.3 Å². The van der Waals surface area contributed by atoms with E-state index in [-0.39, 0.29) is 11.8 Å². The molecular formula is C19H20F2N2OS. The van der Waals surface area contributed by atoms with E-state index in [0.717, 1.165) is 38.1 Å². The third kappa shape index (κ3) is 3.46. The summed E-state index contributed by atoms with van der Waals surface area (Å²) >= 11 is 1.76. The first kappa shape index (κ1) is 16.7. The molecular weight excluding hydrogens is 342 g/mol. The van der Waals surface area contributed by atoms with Crippen molar-refractivity contribution in [3.8, 4) is 0 Å². The van der Waals surface area contributed by atoms with Crippen LogP contribution in [0.2, 0.25) is 0 Å². The van der Waals surface area contributed by atoms with Gasteiger partial charge in [-0.2, -0.15) is 0 Å². The van der Waals surface area contributed by atoms with Gasteiger partial charge in [-0.3, -0.25) is 9.69 Å². The molecule has 0 aliphatic carbocycles. The molecule has 1 aromatic heterocycles. The van der Waals surface area contributed by atoms with E-state index in [1.165, 1.54) is 16.5 Å². The minimum Gasteiger partial charge on any atom is -0.338 e. The van der Waals surface area contributed by atoms with Gasteiger partial charge in [0.25, 0.3) is 0 Å². The summed E-state index contributed by atoms with van der Waals surface area (Å²) in [5.74, 6) is -0.670. The zero-order valence-electron chi connectivity index (χ0n) is 13.9. The summed E-state index contributed by atoms with van der Waals surface area (Å²) in [7, 11) is 0. The number of rotatable bonds is 3. The smallest absolute Gasteiger partial charge is 0.227 e. The molecule has 3 heterocycles. The second-order valence-electron chi connectivity index (χ2n) is 6.84. The topological polar surface area (TPSA) is 23.6 Å². The number of amides is 1. The van der Waals surface area contributed by atoms with Gasteiger partial charge in [0, 0.05) is 36.6 Å². The number of nitrogens with zero attached hydrogens (tertiary/aromatic N) is 2. The van der Waals surface area contributed by atoms with Gasteiger partial charge in [0.15, 0.2) is 0 Å². The number of likely N-dealkylation sites (tertiary alicyclic amines) is 1. The fourth-order valence-electron chi connectivity index (χ4n) is 3.78.